The van der Waals surface area contributed by atoms with E-state index in [4.69, 9.17) is 9.72 Å². The number of rotatable bonds is 4. The largest absolute Gasteiger partial charge is 0.444 e. The number of benzene rings is 1. The number of alkyl carbamates (subject to hydrolysis) is 1. The molecule has 1 fully saturated rings. The van der Waals surface area contributed by atoms with Crippen molar-refractivity contribution in [2.45, 2.75) is 52.2 Å². The van der Waals surface area contributed by atoms with Crippen LogP contribution in [0.5, 0.6) is 0 Å². The van der Waals surface area contributed by atoms with Crippen molar-refractivity contribution in [2.75, 3.05) is 18.0 Å². The van der Waals surface area contributed by atoms with Gasteiger partial charge in [-0.05, 0) is 70.4 Å². The van der Waals surface area contributed by atoms with Gasteiger partial charge in [0, 0.05) is 43.3 Å². The van der Waals surface area contributed by atoms with Gasteiger partial charge in [0.15, 0.2) is 0 Å². The maximum Gasteiger partial charge on any atom is 0.408 e. The van der Waals surface area contributed by atoms with E-state index in [0.717, 1.165) is 22.3 Å². The molecular weight excluding hydrogens is 497 g/mol. The minimum atomic E-state index is -0.619. The van der Waals surface area contributed by atoms with Crippen molar-refractivity contribution in [2.24, 2.45) is 0 Å². The van der Waals surface area contributed by atoms with Crippen LogP contribution in [-0.2, 0) is 4.74 Å². The number of aromatic amines is 1. The molecule has 1 saturated heterocycles. The minimum Gasteiger partial charge on any atom is -0.444 e. The summed E-state index contributed by atoms with van der Waals surface area (Å²) in [6.07, 6.45) is 5.12. The Hall–Kier alpha value is -4.52. The number of carbonyl (C=O) groups excluding carboxylic acids is 1. The monoisotopic (exact) mass is 527 g/mol. The van der Waals surface area contributed by atoms with Crippen molar-refractivity contribution in [3.63, 3.8) is 0 Å². The van der Waals surface area contributed by atoms with E-state index in [9.17, 15) is 14.4 Å². The summed E-state index contributed by atoms with van der Waals surface area (Å²) in [5.41, 5.74) is 3.85. The lowest BCUT2D eigenvalue weighted by Gasteiger charge is -2.30. The number of fused-ring (bicyclic) bond motifs is 1. The number of ether oxygens (including phenoxy) is 1. The van der Waals surface area contributed by atoms with Crippen LogP contribution < -0.4 is 10.2 Å². The summed E-state index contributed by atoms with van der Waals surface area (Å²) >= 11 is 0. The maximum absolute atomic E-state index is 14.1. The van der Waals surface area contributed by atoms with Crippen molar-refractivity contribution >= 4 is 22.8 Å². The third kappa shape index (κ3) is 5.25. The summed E-state index contributed by atoms with van der Waals surface area (Å²) in [7, 11) is 0. The number of imidazole rings is 1. The number of hydrogen-bond acceptors (Lipinski definition) is 7. The standard InChI is InChI=1S/C29H30FN7O2/c1-17-12-19(30)13-21-24(17)35-26(34-21)20-15-33-22(14-31)23(18-6-9-32-10-7-18)25(20)37-11-8-29(5,16-37)36-27(38)39-28(2,3)4/h6-7,9-10,12-13,15H,8,11,16H2,1-5H3,(H,34,35)(H,36,38)/t29-/m0/s1. The van der Waals surface area contributed by atoms with E-state index in [0.29, 0.717) is 42.0 Å². The summed E-state index contributed by atoms with van der Waals surface area (Å²) in [6, 6.07) is 8.74. The van der Waals surface area contributed by atoms with Crippen molar-refractivity contribution in [3.8, 4) is 28.6 Å². The third-order valence-electron chi connectivity index (χ3n) is 6.73. The lowest BCUT2D eigenvalue weighted by molar-refractivity contribution is 0.0473. The number of aromatic nitrogens is 4. The van der Waals surface area contributed by atoms with E-state index >= 15 is 0 Å². The molecule has 0 spiro atoms. The predicted molar refractivity (Wildman–Crippen MR) is 147 cm³/mol. The molecule has 0 saturated carbocycles. The smallest absolute Gasteiger partial charge is 0.408 e. The van der Waals surface area contributed by atoms with Crippen LogP contribution in [-0.4, -0.2) is 50.3 Å². The van der Waals surface area contributed by atoms with Gasteiger partial charge in [0.1, 0.15) is 29.0 Å². The maximum atomic E-state index is 14.1. The van der Waals surface area contributed by atoms with Gasteiger partial charge in [-0.15, -0.1) is 0 Å². The number of H-pyrrole nitrogens is 1. The Morgan fingerprint density at radius 2 is 2.03 bits per heavy atom. The number of carbonyl (C=O) groups is 1. The number of nitrogens with zero attached hydrogens (tertiary/aromatic N) is 5. The minimum absolute atomic E-state index is 0.256. The molecule has 1 aliphatic heterocycles. The molecule has 3 aromatic heterocycles. The molecule has 0 unspecified atom stereocenters. The zero-order chi connectivity index (χ0) is 27.9. The molecule has 1 amide bonds. The first-order valence-electron chi connectivity index (χ1n) is 12.7. The van der Waals surface area contributed by atoms with Crippen LogP contribution in [0, 0.1) is 24.1 Å². The first-order chi connectivity index (χ1) is 18.5. The molecule has 39 heavy (non-hydrogen) atoms. The van der Waals surface area contributed by atoms with Gasteiger partial charge in [-0.3, -0.25) is 4.98 Å². The van der Waals surface area contributed by atoms with Gasteiger partial charge >= 0.3 is 6.09 Å². The fourth-order valence-corrected chi connectivity index (χ4v) is 5.05. The number of halogens is 1. The molecule has 5 rings (SSSR count). The number of aryl methyl sites for hydroxylation is 1. The SMILES string of the molecule is Cc1cc(F)cc2nc(-c3cnc(C#N)c(-c4ccncc4)c3N3CC[C@](C)(NC(=O)OC(C)(C)C)C3)[nH]c12. The second-order valence-corrected chi connectivity index (χ2v) is 11.2. The van der Waals surface area contributed by atoms with Crippen LogP contribution in [0.3, 0.4) is 0 Å². The second-order valence-electron chi connectivity index (χ2n) is 11.2. The molecule has 1 atom stereocenters. The number of amides is 1. The lowest BCUT2D eigenvalue weighted by atomic mass is 9.98. The molecule has 9 nitrogen and oxygen atoms in total. The van der Waals surface area contributed by atoms with Gasteiger partial charge in [-0.25, -0.2) is 19.2 Å². The van der Waals surface area contributed by atoms with Gasteiger partial charge in [-0.1, -0.05) is 0 Å². The highest BCUT2D eigenvalue weighted by molar-refractivity contribution is 5.93. The van der Waals surface area contributed by atoms with E-state index in [1.807, 2.05) is 46.8 Å². The Balaban J connectivity index is 1.65. The second kappa shape index (κ2) is 9.66. The van der Waals surface area contributed by atoms with E-state index in [2.05, 4.69) is 31.2 Å². The molecule has 10 heteroatoms. The topological polar surface area (TPSA) is 120 Å². The van der Waals surface area contributed by atoms with Gasteiger partial charge in [0.2, 0.25) is 0 Å². The Morgan fingerprint density at radius 1 is 1.28 bits per heavy atom. The quantitative estimate of drug-likeness (QED) is 0.360. The number of nitrogens with one attached hydrogen (secondary N) is 2. The van der Waals surface area contributed by atoms with Crippen LogP contribution in [0.4, 0.5) is 14.9 Å². The van der Waals surface area contributed by atoms with E-state index < -0.39 is 17.2 Å². The van der Waals surface area contributed by atoms with Gasteiger partial charge in [-0.2, -0.15) is 5.26 Å². The van der Waals surface area contributed by atoms with Crippen LogP contribution in [0.2, 0.25) is 0 Å². The van der Waals surface area contributed by atoms with Gasteiger partial charge in [0.05, 0.1) is 27.8 Å². The van der Waals surface area contributed by atoms with Crippen molar-refractivity contribution in [1.29, 1.82) is 5.26 Å². The van der Waals surface area contributed by atoms with Crippen molar-refractivity contribution in [3.05, 3.63) is 59.9 Å². The number of hydrogen-bond donors (Lipinski definition) is 2. The molecular formula is C29H30FN7O2. The summed E-state index contributed by atoms with van der Waals surface area (Å²) in [5.74, 6) is 0.145. The van der Waals surface area contributed by atoms with E-state index in [1.165, 1.54) is 12.1 Å². The van der Waals surface area contributed by atoms with Crippen molar-refractivity contribution < 1.29 is 13.9 Å². The molecule has 2 N–H and O–H groups in total. The molecule has 0 radical (unpaired) electrons. The Kier molecular flexibility index (Phi) is 6.46. The average Bonchev–Trinajstić information content (AvgIpc) is 3.46. The highest BCUT2D eigenvalue weighted by Gasteiger charge is 2.39. The molecule has 0 bridgehead atoms. The Morgan fingerprint density at radius 3 is 2.72 bits per heavy atom. The lowest BCUT2D eigenvalue weighted by Crippen LogP contribution is -2.49. The number of nitriles is 1. The molecule has 0 aliphatic carbocycles. The summed E-state index contributed by atoms with van der Waals surface area (Å²) in [4.78, 5) is 31.4. The third-order valence-corrected chi connectivity index (χ3v) is 6.73. The molecule has 4 aromatic rings. The van der Waals surface area contributed by atoms with Gasteiger partial charge in [0.25, 0.3) is 0 Å². The van der Waals surface area contributed by atoms with Crippen LogP contribution in [0.25, 0.3) is 33.5 Å². The highest BCUT2D eigenvalue weighted by Crippen LogP contribution is 2.43. The zero-order valence-corrected chi connectivity index (χ0v) is 22.6. The molecule has 200 valence electrons. The van der Waals surface area contributed by atoms with Crippen LogP contribution in [0.1, 0.15) is 45.4 Å². The highest BCUT2D eigenvalue weighted by atomic mass is 19.1. The fraction of sp³-hybridized carbons (Fsp3) is 0.345. The van der Waals surface area contributed by atoms with Crippen LogP contribution >= 0.6 is 0 Å². The summed E-state index contributed by atoms with van der Waals surface area (Å²) in [5, 5.41) is 13.1. The first kappa shape index (κ1) is 26.1. The van der Waals surface area contributed by atoms with Crippen LogP contribution in [0.15, 0.2) is 42.9 Å². The summed E-state index contributed by atoms with van der Waals surface area (Å²) < 4.78 is 19.7. The summed E-state index contributed by atoms with van der Waals surface area (Å²) in [6.45, 7) is 10.3. The number of anilines is 1. The van der Waals surface area contributed by atoms with Gasteiger partial charge < -0.3 is 19.9 Å². The molecule has 1 aliphatic rings. The number of pyridine rings is 2. The Bertz CT molecular complexity index is 1600. The molecule has 4 heterocycles. The van der Waals surface area contributed by atoms with E-state index in [1.54, 1.807) is 18.6 Å². The van der Waals surface area contributed by atoms with E-state index in [-0.39, 0.29) is 11.5 Å². The Labute approximate surface area is 226 Å². The zero-order valence-electron chi connectivity index (χ0n) is 22.6. The average molecular weight is 528 g/mol. The molecule has 1 aromatic carbocycles. The first-order valence-corrected chi connectivity index (χ1v) is 12.7. The fourth-order valence-electron chi connectivity index (χ4n) is 5.05. The van der Waals surface area contributed by atoms with Crippen molar-refractivity contribution in [1.82, 2.24) is 25.3 Å². The normalized spacial score (nSPS) is 17.3. The predicted octanol–water partition coefficient (Wildman–Crippen LogP) is 5.50.